The van der Waals surface area contributed by atoms with Crippen LogP contribution < -0.4 is 10.0 Å². The fraction of sp³-hybridized carbons (Fsp3) is 0.333. The minimum atomic E-state index is -4.27. The van der Waals surface area contributed by atoms with Crippen molar-refractivity contribution in [1.29, 1.82) is 0 Å². The average Bonchev–Trinajstić information content (AvgIpc) is 3.27. The van der Waals surface area contributed by atoms with Crippen LogP contribution in [0.25, 0.3) is 0 Å². The molecule has 0 aromatic heterocycles. The van der Waals surface area contributed by atoms with Crippen molar-refractivity contribution < 1.29 is 27.9 Å². The van der Waals surface area contributed by atoms with Gasteiger partial charge >= 0.3 is 5.97 Å². The lowest BCUT2D eigenvalue weighted by Crippen LogP contribution is -2.46. The topological polar surface area (TPSA) is 122 Å². The normalized spacial score (nSPS) is 18.2. The van der Waals surface area contributed by atoms with Crippen molar-refractivity contribution in [2.75, 3.05) is 13.7 Å². The number of ether oxygens (including phenoxy) is 1. The number of Topliss-reactive ketones (excluding diaryl/α,β-unsaturated/α-hetero) is 1. The number of sulfonamides is 1. The third kappa shape index (κ3) is 5.60. The number of hydrogen-bond donors (Lipinski definition) is 3. The minimum absolute atomic E-state index is 0.0598. The summed E-state index contributed by atoms with van der Waals surface area (Å²) in [4.78, 5) is 25.8. The zero-order valence-electron chi connectivity index (χ0n) is 17.0. The van der Waals surface area contributed by atoms with E-state index in [1.807, 2.05) is 0 Å². The molecule has 0 amide bonds. The van der Waals surface area contributed by atoms with Crippen LogP contribution in [0.5, 0.6) is 5.75 Å². The standard InChI is InChI=1S/C21H22Cl2N2O6S/c1-31-21(28)18(20(27)17-3-2-8-24-17)19(12-4-6-15(26)7-5-12)25-32(29,30)16-10-13(22)9-14(23)11-16/h4-7,9-11,17-19,24-26H,2-3,8H2,1H3/t17?,18-,19-/m0/s1. The van der Waals surface area contributed by atoms with Crippen molar-refractivity contribution in [2.24, 2.45) is 5.92 Å². The molecule has 32 heavy (non-hydrogen) atoms. The van der Waals surface area contributed by atoms with Crippen molar-refractivity contribution in [3.05, 3.63) is 58.1 Å². The quantitative estimate of drug-likeness (QED) is 0.376. The largest absolute Gasteiger partial charge is 0.508 e. The van der Waals surface area contributed by atoms with Crippen LogP contribution in [-0.4, -0.2) is 45.0 Å². The van der Waals surface area contributed by atoms with E-state index < -0.39 is 39.8 Å². The Hall–Kier alpha value is -2.17. The maximum atomic E-state index is 13.3. The second-order valence-corrected chi connectivity index (χ2v) is 9.93. The Morgan fingerprint density at radius 1 is 1.16 bits per heavy atom. The Labute approximate surface area is 195 Å². The van der Waals surface area contributed by atoms with Crippen molar-refractivity contribution in [2.45, 2.75) is 29.8 Å². The van der Waals surface area contributed by atoms with Gasteiger partial charge in [0.15, 0.2) is 5.78 Å². The van der Waals surface area contributed by atoms with Gasteiger partial charge in [0, 0.05) is 10.0 Å². The number of methoxy groups -OCH3 is 1. The summed E-state index contributed by atoms with van der Waals surface area (Å²) in [6, 6.07) is 7.40. The van der Waals surface area contributed by atoms with E-state index in [9.17, 15) is 23.1 Å². The van der Waals surface area contributed by atoms with E-state index >= 15 is 0 Å². The summed E-state index contributed by atoms with van der Waals surface area (Å²) in [6.07, 6.45) is 1.27. The van der Waals surface area contributed by atoms with Gasteiger partial charge in [0.05, 0.1) is 24.1 Å². The molecule has 0 radical (unpaired) electrons. The molecule has 2 aromatic carbocycles. The molecule has 1 saturated heterocycles. The Kier molecular flexibility index (Phi) is 7.79. The molecule has 0 saturated carbocycles. The van der Waals surface area contributed by atoms with Gasteiger partial charge in [-0.15, -0.1) is 0 Å². The lowest BCUT2D eigenvalue weighted by molar-refractivity contribution is -0.151. The van der Waals surface area contributed by atoms with Crippen LogP contribution in [0.3, 0.4) is 0 Å². The number of aromatic hydroxyl groups is 1. The van der Waals surface area contributed by atoms with Gasteiger partial charge in [-0.1, -0.05) is 35.3 Å². The summed E-state index contributed by atoms with van der Waals surface area (Å²) < 4.78 is 33.7. The second kappa shape index (κ2) is 10.2. The molecule has 3 atom stereocenters. The molecule has 1 fully saturated rings. The summed E-state index contributed by atoms with van der Waals surface area (Å²) in [5.41, 5.74) is 0.293. The van der Waals surface area contributed by atoms with E-state index in [0.717, 1.165) is 13.5 Å². The first-order valence-electron chi connectivity index (χ1n) is 9.74. The van der Waals surface area contributed by atoms with Crippen molar-refractivity contribution in [3.63, 3.8) is 0 Å². The molecule has 0 spiro atoms. The molecule has 8 nitrogen and oxygen atoms in total. The van der Waals surface area contributed by atoms with Gasteiger partial charge in [0.2, 0.25) is 10.0 Å². The van der Waals surface area contributed by atoms with E-state index in [1.165, 1.54) is 42.5 Å². The monoisotopic (exact) mass is 500 g/mol. The van der Waals surface area contributed by atoms with E-state index in [1.54, 1.807) is 0 Å². The summed E-state index contributed by atoms with van der Waals surface area (Å²) in [7, 11) is -3.14. The molecule has 1 aliphatic heterocycles. The highest BCUT2D eigenvalue weighted by Crippen LogP contribution is 2.31. The van der Waals surface area contributed by atoms with Crippen LogP contribution in [0.15, 0.2) is 47.4 Å². The SMILES string of the molecule is COC(=O)[C@H](C(=O)C1CCCN1)[C@@H](NS(=O)(=O)c1cc(Cl)cc(Cl)c1)c1ccc(O)cc1. The van der Waals surface area contributed by atoms with Crippen molar-refractivity contribution in [3.8, 4) is 5.75 Å². The van der Waals surface area contributed by atoms with Gasteiger partial charge in [-0.25, -0.2) is 13.1 Å². The number of phenolic OH excluding ortho intramolecular Hbond substituents is 1. The first-order chi connectivity index (χ1) is 15.1. The number of nitrogens with one attached hydrogen (secondary N) is 2. The van der Waals surface area contributed by atoms with E-state index in [4.69, 9.17) is 27.9 Å². The number of ketones is 1. The molecule has 3 N–H and O–H groups in total. The smallest absolute Gasteiger partial charge is 0.318 e. The molecule has 2 aromatic rings. The lowest BCUT2D eigenvalue weighted by atomic mass is 9.86. The van der Waals surface area contributed by atoms with E-state index in [0.29, 0.717) is 18.5 Å². The van der Waals surface area contributed by atoms with Gasteiger partial charge in [0.1, 0.15) is 11.7 Å². The van der Waals surface area contributed by atoms with E-state index in [2.05, 4.69) is 10.0 Å². The van der Waals surface area contributed by atoms with Crippen LogP contribution in [-0.2, 0) is 24.3 Å². The molecule has 1 unspecified atom stereocenters. The van der Waals surface area contributed by atoms with Gasteiger partial charge in [-0.3, -0.25) is 9.59 Å². The third-order valence-electron chi connectivity index (χ3n) is 5.18. The summed E-state index contributed by atoms with van der Waals surface area (Å²) in [6.45, 7) is 0.612. The highest BCUT2D eigenvalue weighted by molar-refractivity contribution is 7.89. The Morgan fingerprint density at radius 2 is 1.78 bits per heavy atom. The molecule has 1 heterocycles. The van der Waals surface area contributed by atoms with E-state index in [-0.39, 0.29) is 20.7 Å². The summed E-state index contributed by atoms with van der Waals surface area (Å²) >= 11 is 11.9. The Bertz CT molecular complexity index is 1080. The van der Waals surface area contributed by atoms with Crippen LogP contribution >= 0.6 is 23.2 Å². The zero-order valence-corrected chi connectivity index (χ0v) is 19.4. The third-order valence-corrected chi connectivity index (χ3v) is 7.04. The minimum Gasteiger partial charge on any atom is -0.508 e. The fourth-order valence-corrected chi connectivity index (χ4v) is 5.58. The van der Waals surface area contributed by atoms with Gasteiger partial charge in [-0.2, -0.15) is 0 Å². The second-order valence-electron chi connectivity index (χ2n) is 7.35. The maximum absolute atomic E-state index is 13.3. The fourth-order valence-electron chi connectivity index (χ4n) is 3.62. The molecule has 0 bridgehead atoms. The van der Waals surface area contributed by atoms with Gasteiger partial charge < -0.3 is 15.2 Å². The number of esters is 1. The zero-order chi connectivity index (χ0) is 23.5. The molecule has 172 valence electrons. The molecule has 1 aliphatic rings. The maximum Gasteiger partial charge on any atom is 0.318 e. The molecule has 0 aliphatic carbocycles. The first kappa shape index (κ1) is 24.5. The predicted molar refractivity (Wildman–Crippen MR) is 119 cm³/mol. The Balaban J connectivity index is 2.08. The predicted octanol–water partition coefficient (Wildman–Crippen LogP) is 2.83. The molecule has 3 rings (SSSR count). The number of hydrogen-bond acceptors (Lipinski definition) is 7. The number of carbonyl (C=O) groups excluding carboxylic acids is 2. The summed E-state index contributed by atoms with van der Waals surface area (Å²) in [5, 5.41) is 12.9. The van der Waals surface area contributed by atoms with Crippen LogP contribution in [0.4, 0.5) is 0 Å². The number of rotatable bonds is 8. The van der Waals surface area contributed by atoms with Gasteiger partial charge in [-0.05, 0) is 55.3 Å². The van der Waals surface area contributed by atoms with Gasteiger partial charge in [0.25, 0.3) is 0 Å². The Morgan fingerprint density at radius 3 is 2.31 bits per heavy atom. The number of carbonyl (C=O) groups is 2. The highest BCUT2D eigenvalue weighted by Gasteiger charge is 2.42. The summed E-state index contributed by atoms with van der Waals surface area (Å²) in [5.74, 6) is -2.90. The van der Waals surface area contributed by atoms with Crippen molar-refractivity contribution in [1.82, 2.24) is 10.0 Å². The number of benzene rings is 2. The number of halogens is 2. The van der Waals surface area contributed by atoms with Crippen LogP contribution in [0.1, 0.15) is 24.4 Å². The molecular formula is C21H22Cl2N2O6S. The average molecular weight is 501 g/mol. The molecular weight excluding hydrogens is 479 g/mol. The van der Waals surface area contributed by atoms with Crippen molar-refractivity contribution >= 4 is 45.0 Å². The molecule has 11 heteroatoms. The highest BCUT2D eigenvalue weighted by atomic mass is 35.5. The number of phenols is 1. The van der Waals surface area contributed by atoms with Crippen LogP contribution in [0.2, 0.25) is 10.0 Å². The van der Waals surface area contributed by atoms with Crippen LogP contribution in [0, 0.1) is 5.92 Å². The first-order valence-corrected chi connectivity index (χ1v) is 12.0. The lowest BCUT2D eigenvalue weighted by Gasteiger charge is -2.27.